The number of nitrogens with one attached hydrogen (secondary N) is 2. The van der Waals surface area contributed by atoms with Gasteiger partial charge in [-0.25, -0.2) is 9.37 Å². The quantitative estimate of drug-likeness (QED) is 0.677. The Hall–Kier alpha value is -2.81. The number of hydrogen-bond donors (Lipinski definition) is 3. The molecule has 0 spiro atoms. The molecule has 2 aliphatic rings. The van der Waals surface area contributed by atoms with Crippen molar-refractivity contribution < 1.29 is 18.7 Å². The molecule has 0 saturated carbocycles. The number of primary amides is 1. The Balaban J connectivity index is 1.64. The molecule has 142 valence electrons. The molecule has 0 radical (unpaired) electrons. The molecular formula is C18H20FN5O3. The Bertz CT molecular complexity index is 914. The van der Waals surface area contributed by atoms with E-state index < -0.39 is 11.4 Å². The first-order chi connectivity index (χ1) is 12.9. The zero-order chi connectivity index (χ0) is 19.2. The number of methoxy groups -OCH3 is 1. The number of fused-ring (bicyclic) bond motifs is 2. The van der Waals surface area contributed by atoms with Gasteiger partial charge in [0, 0.05) is 23.6 Å². The van der Waals surface area contributed by atoms with Crippen LogP contribution in [0.2, 0.25) is 0 Å². The minimum Gasteiger partial charge on any atom is -0.481 e. The summed E-state index contributed by atoms with van der Waals surface area (Å²) in [6, 6.07) is 3.04. The third kappa shape index (κ3) is 2.97. The van der Waals surface area contributed by atoms with Crippen LogP contribution in [0.1, 0.15) is 36.2 Å². The number of ketones is 1. The van der Waals surface area contributed by atoms with E-state index in [-0.39, 0.29) is 46.5 Å². The number of amides is 1. The number of halogens is 1. The second kappa shape index (κ2) is 6.41. The average Bonchev–Trinajstić information content (AvgIpc) is 3.26. The third-order valence-corrected chi connectivity index (χ3v) is 5.54. The maximum Gasteiger partial charge on any atom is 0.220 e. The molecule has 2 aromatic rings. The maximum absolute atomic E-state index is 14.1. The number of rotatable bonds is 5. The molecule has 2 aliphatic heterocycles. The van der Waals surface area contributed by atoms with Gasteiger partial charge in [0.25, 0.3) is 0 Å². The van der Waals surface area contributed by atoms with E-state index in [4.69, 9.17) is 10.5 Å². The Labute approximate surface area is 154 Å². The molecule has 9 heteroatoms. The summed E-state index contributed by atoms with van der Waals surface area (Å²) in [4.78, 5) is 28.6. The van der Waals surface area contributed by atoms with Crippen molar-refractivity contribution in [2.75, 3.05) is 7.11 Å². The molecule has 2 aromatic heterocycles. The number of aromatic nitrogens is 3. The minimum absolute atomic E-state index is 0.101. The highest BCUT2D eigenvalue weighted by molar-refractivity contribution is 6.03. The summed E-state index contributed by atoms with van der Waals surface area (Å²) in [5.74, 6) is -1.21. The fourth-order valence-electron chi connectivity index (χ4n) is 4.19. The van der Waals surface area contributed by atoms with Crippen molar-refractivity contribution >= 4 is 11.7 Å². The number of carbonyl (C=O) groups is 2. The molecule has 3 atom stereocenters. The molecule has 0 aliphatic carbocycles. The topological polar surface area (TPSA) is 123 Å². The number of carbonyl (C=O) groups excluding carboxylic acids is 2. The number of ether oxygens (including phenoxy) is 1. The number of piperidine rings is 1. The van der Waals surface area contributed by atoms with E-state index in [1.165, 1.54) is 19.2 Å². The molecule has 2 fully saturated rings. The van der Waals surface area contributed by atoms with E-state index in [2.05, 4.69) is 20.5 Å². The summed E-state index contributed by atoms with van der Waals surface area (Å²) >= 11 is 0. The zero-order valence-corrected chi connectivity index (χ0v) is 14.8. The summed E-state index contributed by atoms with van der Waals surface area (Å²) < 4.78 is 19.1. The predicted octanol–water partition coefficient (Wildman–Crippen LogP) is 1.19. The largest absolute Gasteiger partial charge is 0.481 e. The van der Waals surface area contributed by atoms with Crippen LogP contribution >= 0.6 is 0 Å². The van der Waals surface area contributed by atoms with Crippen molar-refractivity contribution in [2.45, 2.75) is 37.3 Å². The minimum atomic E-state index is -0.832. The zero-order valence-electron chi connectivity index (χ0n) is 14.8. The van der Waals surface area contributed by atoms with Crippen molar-refractivity contribution in [2.24, 2.45) is 11.7 Å². The van der Waals surface area contributed by atoms with Crippen molar-refractivity contribution in [3.05, 3.63) is 29.8 Å². The molecule has 4 rings (SSSR count). The van der Waals surface area contributed by atoms with E-state index in [0.29, 0.717) is 19.3 Å². The van der Waals surface area contributed by atoms with E-state index in [0.717, 1.165) is 12.6 Å². The van der Waals surface area contributed by atoms with Crippen molar-refractivity contribution in [1.82, 2.24) is 20.5 Å². The van der Waals surface area contributed by atoms with Gasteiger partial charge in [-0.05, 0) is 31.7 Å². The summed E-state index contributed by atoms with van der Waals surface area (Å²) in [7, 11) is 1.43. The summed E-state index contributed by atoms with van der Waals surface area (Å²) in [5.41, 5.74) is 5.38. The first-order valence-electron chi connectivity index (χ1n) is 8.79. The van der Waals surface area contributed by atoms with Gasteiger partial charge in [0.2, 0.25) is 17.6 Å². The van der Waals surface area contributed by atoms with Gasteiger partial charge in [0.15, 0.2) is 5.82 Å². The second-order valence-corrected chi connectivity index (χ2v) is 7.20. The number of aromatic amines is 1. The Kier molecular flexibility index (Phi) is 4.18. The van der Waals surface area contributed by atoms with Crippen LogP contribution in [0.4, 0.5) is 4.39 Å². The van der Waals surface area contributed by atoms with E-state index in [1.54, 1.807) is 0 Å². The Morgan fingerprint density at radius 2 is 2.22 bits per heavy atom. The lowest BCUT2D eigenvalue weighted by molar-refractivity contribution is -0.123. The van der Waals surface area contributed by atoms with Crippen LogP contribution in [0.3, 0.4) is 0 Å². The summed E-state index contributed by atoms with van der Waals surface area (Å²) in [6.07, 6.45) is 3.51. The Morgan fingerprint density at radius 1 is 1.41 bits per heavy atom. The van der Waals surface area contributed by atoms with Gasteiger partial charge in [0.1, 0.15) is 5.69 Å². The number of nitrogens with two attached hydrogens (primary N) is 1. The maximum atomic E-state index is 14.1. The first-order valence-corrected chi connectivity index (χ1v) is 8.79. The van der Waals surface area contributed by atoms with Gasteiger partial charge < -0.3 is 15.8 Å². The molecule has 2 saturated heterocycles. The van der Waals surface area contributed by atoms with Crippen LogP contribution in [0.15, 0.2) is 18.3 Å². The van der Waals surface area contributed by atoms with Crippen LogP contribution in [0.25, 0.3) is 11.3 Å². The number of pyridine rings is 1. The average molecular weight is 373 g/mol. The van der Waals surface area contributed by atoms with Gasteiger partial charge in [-0.15, -0.1) is 0 Å². The number of H-pyrrole nitrogens is 1. The van der Waals surface area contributed by atoms with E-state index in [1.807, 2.05) is 0 Å². The van der Waals surface area contributed by atoms with Gasteiger partial charge in [0.05, 0.1) is 24.5 Å². The van der Waals surface area contributed by atoms with Gasteiger partial charge in [-0.1, -0.05) is 0 Å². The molecule has 2 bridgehead atoms. The molecule has 0 aromatic carbocycles. The van der Waals surface area contributed by atoms with Crippen LogP contribution in [-0.2, 0) is 4.79 Å². The first kappa shape index (κ1) is 17.6. The Morgan fingerprint density at radius 3 is 2.96 bits per heavy atom. The fraction of sp³-hybridized carbons (Fsp3) is 0.444. The van der Waals surface area contributed by atoms with Crippen molar-refractivity contribution in [3.8, 4) is 17.1 Å². The molecule has 1 amide bonds. The molecule has 4 N–H and O–H groups in total. The van der Waals surface area contributed by atoms with Crippen molar-refractivity contribution in [1.29, 1.82) is 0 Å². The lowest BCUT2D eigenvalue weighted by Gasteiger charge is -2.36. The van der Waals surface area contributed by atoms with Gasteiger partial charge in [-0.3, -0.25) is 14.7 Å². The molecule has 3 unspecified atom stereocenters. The standard InChI is InChI=1S/C18H20FN5O3/c1-27-15-5-11(12(19)8-21-15)13-6-14(24-23-13)16(25)18-3-2-10(22-18)4-9(7-18)17(20)26/h5-6,8-10,22H,2-4,7H2,1H3,(H2,20,26)(H,23,24). The van der Waals surface area contributed by atoms with Crippen LogP contribution < -0.4 is 15.8 Å². The summed E-state index contributed by atoms with van der Waals surface area (Å²) in [5, 5.41) is 10.1. The SMILES string of the molecule is COc1cc(-c2cc(C(=O)C34CCC(CC(C(N)=O)C3)N4)[nH]n2)c(F)cn1. The lowest BCUT2D eigenvalue weighted by Crippen LogP contribution is -2.56. The number of nitrogens with zero attached hydrogens (tertiary/aromatic N) is 2. The highest BCUT2D eigenvalue weighted by Gasteiger charge is 2.51. The smallest absolute Gasteiger partial charge is 0.220 e. The highest BCUT2D eigenvalue weighted by Crippen LogP contribution is 2.40. The van der Waals surface area contributed by atoms with E-state index >= 15 is 0 Å². The molecule has 8 nitrogen and oxygen atoms in total. The van der Waals surface area contributed by atoms with E-state index in [9.17, 15) is 14.0 Å². The van der Waals surface area contributed by atoms with Crippen LogP contribution in [0, 0.1) is 11.7 Å². The molecule has 4 heterocycles. The fourth-order valence-corrected chi connectivity index (χ4v) is 4.19. The normalized spacial score (nSPS) is 26.7. The molecular weight excluding hydrogens is 353 g/mol. The van der Waals surface area contributed by atoms with Crippen LogP contribution in [-0.4, -0.2) is 45.6 Å². The predicted molar refractivity (Wildman–Crippen MR) is 93.5 cm³/mol. The van der Waals surface area contributed by atoms with Gasteiger partial charge >= 0.3 is 0 Å². The summed E-state index contributed by atoms with van der Waals surface area (Å²) in [6.45, 7) is 0. The van der Waals surface area contributed by atoms with Crippen LogP contribution in [0.5, 0.6) is 5.88 Å². The number of Topliss-reactive ketones (excluding diaryl/α,β-unsaturated/α-hetero) is 1. The molecule has 27 heavy (non-hydrogen) atoms. The second-order valence-electron chi connectivity index (χ2n) is 7.20. The third-order valence-electron chi connectivity index (χ3n) is 5.54. The van der Waals surface area contributed by atoms with Crippen molar-refractivity contribution in [3.63, 3.8) is 0 Å². The monoisotopic (exact) mass is 373 g/mol. The van der Waals surface area contributed by atoms with Gasteiger partial charge in [-0.2, -0.15) is 5.10 Å². The number of hydrogen-bond acceptors (Lipinski definition) is 6. The highest BCUT2D eigenvalue weighted by atomic mass is 19.1. The lowest BCUT2D eigenvalue weighted by atomic mass is 9.79.